The first-order chi connectivity index (χ1) is 26.4. The molecule has 2 aliphatic heterocycles. The third kappa shape index (κ3) is 7.93. The maximum absolute atomic E-state index is 14.8. The quantitative estimate of drug-likeness (QED) is 0.128. The number of hydrogen-bond acceptors (Lipinski definition) is 6. The molecule has 55 heavy (non-hydrogen) atoms. The number of nitrogens with one attached hydrogen (secondary N) is 1. The fourth-order valence-electron chi connectivity index (χ4n) is 7.75. The number of hydrogen-bond donors (Lipinski definition) is 2. The molecule has 4 amide bonds. The SMILES string of the molecule is C=CCN1CC(=O)N2[C@@H](Cc3ccc(OC(C)(C)C)cc3)C(=O)N(Cc3cccc4c(-c5ccc(N)cc5)cn(C)c34)C[C@@H]2N1C(=O)NCc1ccccc1. The molecule has 1 aromatic heterocycles. The van der Waals surface area contributed by atoms with Crippen molar-refractivity contribution in [1.82, 2.24) is 29.7 Å². The van der Waals surface area contributed by atoms with Crippen molar-refractivity contribution in [3.63, 3.8) is 0 Å². The molecule has 11 heteroatoms. The molecule has 4 aromatic carbocycles. The summed E-state index contributed by atoms with van der Waals surface area (Å²) >= 11 is 0. The minimum Gasteiger partial charge on any atom is -0.488 e. The molecule has 284 valence electrons. The largest absolute Gasteiger partial charge is 0.488 e. The minimum absolute atomic E-state index is 0.0695. The number of carbonyl (C=O) groups excluding carboxylic acids is 3. The second-order valence-corrected chi connectivity index (χ2v) is 15.3. The van der Waals surface area contributed by atoms with Gasteiger partial charge in [0.2, 0.25) is 11.8 Å². The number of benzene rings is 4. The maximum Gasteiger partial charge on any atom is 0.334 e. The number of nitrogens with two attached hydrogens (primary N) is 1. The Labute approximate surface area is 322 Å². The second kappa shape index (κ2) is 15.3. The van der Waals surface area contributed by atoms with E-state index in [1.807, 2.05) is 119 Å². The number of amides is 4. The highest BCUT2D eigenvalue weighted by Crippen LogP contribution is 2.35. The van der Waals surface area contributed by atoms with E-state index >= 15 is 0 Å². The highest BCUT2D eigenvalue weighted by molar-refractivity contribution is 5.98. The third-order valence-corrected chi connectivity index (χ3v) is 10.1. The molecule has 2 saturated heterocycles. The highest BCUT2D eigenvalue weighted by Gasteiger charge is 2.51. The number of aryl methyl sites for hydroxylation is 1. The molecule has 2 atom stereocenters. The van der Waals surface area contributed by atoms with Gasteiger partial charge in [-0.05, 0) is 67.3 Å². The summed E-state index contributed by atoms with van der Waals surface area (Å²) in [5, 5.41) is 7.45. The molecule has 7 rings (SSSR count). The molecule has 0 bridgehead atoms. The number of ether oxygens (including phenoxy) is 1. The van der Waals surface area contributed by atoms with E-state index in [0.29, 0.717) is 12.2 Å². The van der Waals surface area contributed by atoms with Crippen LogP contribution in [0.1, 0.15) is 37.5 Å². The zero-order chi connectivity index (χ0) is 38.9. The molecule has 0 spiro atoms. The maximum atomic E-state index is 14.8. The summed E-state index contributed by atoms with van der Waals surface area (Å²) in [6.45, 7) is 10.8. The molecule has 2 aliphatic rings. The summed E-state index contributed by atoms with van der Waals surface area (Å²) in [7, 11) is 2.01. The van der Waals surface area contributed by atoms with E-state index in [1.54, 1.807) is 25.9 Å². The summed E-state index contributed by atoms with van der Waals surface area (Å²) in [5.41, 5.74) is 12.2. The number of nitrogens with zero attached hydrogens (tertiary/aromatic N) is 5. The fraction of sp³-hybridized carbons (Fsp3) is 0.295. The van der Waals surface area contributed by atoms with Crippen LogP contribution in [0.2, 0.25) is 0 Å². The molecule has 2 fully saturated rings. The Morgan fingerprint density at radius 1 is 0.945 bits per heavy atom. The number of nitrogen functional groups attached to an aromatic ring is 1. The van der Waals surface area contributed by atoms with Gasteiger partial charge in [-0.15, -0.1) is 6.58 Å². The third-order valence-electron chi connectivity index (χ3n) is 10.1. The molecule has 11 nitrogen and oxygen atoms in total. The molecular formula is C44H49N7O4. The number of urea groups is 1. The fourth-order valence-corrected chi connectivity index (χ4v) is 7.75. The Morgan fingerprint density at radius 3 is 2.36 bits per heavy atom. The Morgan fingerprint density at radius 2 is 1.67 bits per heavy atom. The summed E-state index contributed by atoms with van der Waals surface area (Å²) in [5.74, 6) is 0.323. The van der Waals surface area contributed by atoms with Gasteiger partial charge in [-0.2, -0.15) is 0 Å². The van der Waals surface area contributed by atoms with Gasteiger partial charge in [0.1, 0.15) is 23.6 Å². The van der Waals surface area contributed by atoms with Crippen molar-refractivity contribution in [3.8, 4) is 16.9 Å². The van der Waals surface area contributed by atoms with Crippen LogP contribution in [0.15, 0.2) is 116 Å². The van der Waals surface area contributed by atoms with Crippen LogP contribution in [0, 0.1) is 0 Å². The van der Waals surface area contributed by atoms with Gasteiger partial charge in [0.25, 0.3) is 0 Å². The van der Waals surface area contributed by atoms with Crippen molar-refractivity contribution >= 4 is 34.4 Å². The number of para-hydroxylation sites is 1. The zero-order valence-corrected chi connectivity index (χ0v) is 31.9. The van der Waals surface area contributed by atoms with Gasteiger partial charge in [-0.1, -0.05) is 78.9 Å². The highest BCUT2D eigenvalue weighted by atomic mass is 16.5. The van der Waals surface area contributed by atoms with Crippen molar-refractivity contribution < 1.29 is 19.1 Å². The molecule has 5 aromatic rings. The van der Waals surface area contributed by atoms with Gasteiger partial charge in [0.05, 0.1) is 18.6 Å². The van der Waals surface area contributed by atoms with Crippen LogP contribution >= 0.6 is 0 Å². The summed E-state index contributed by atoms with van der Waals surface area (Å²) < 4.78 is 8.14. The first-order valence-electron chi connectivity index (χ1n) is 18.7. The predicted molar refractivity (Wildman–Crippen MR) is 215 cm³/mol. The first-order valence-corrected chi connectivity index (χ1v) is 18.7. The smallest absolute Gasteiger partial charge is 0.334 e. The van der Waals surface area contributed by atoms with E-state index in [-0.39, 0.29) is 56.0 Å². The van der Waals surface area contributed by atoms with Crippen molar-refractivity contribution in [3.05, 3.63) is 133 Å². The van der Waals surface area contributed by atoms with E-state index in [4.69, 9.17) is 10.5 Å². The Balaban J connectivity index is 1.26. The Hall–Kier alpha value is -6.07. The Bertz CT molecular complexity index is 2190. The minimum atomic E-state index is -0.853. The molecule has 0 aliphatic carbocycles. The molecule has 3 heterocycles. The molecule has 0 radical (unpaired) electrons. The number of fused-ring (bicyclic) bond motifs is 2. The summed E-state index contributed by atoms with van der Waals surface area (Å²) in [4.78, 5) is 46.6. The lowest BCUT2D eigenvalue weighted by Gasteiger charge is -2.55. The number of rotatable bonds is 10. The van der Waals surface area contributed by atoms with Crippen LogP contribution < -0.4 is 15.8 Å². The zero-order valence-electron chi connectivity index (χ0n) is 31.9. The second-order valence-electron chi connectivity index (χ2n) is 15.3. The summed E-state index contributed by atoms with van der Waals surface area (Å²) in [6, 6.07) is 30.1. The van der Waals surface area contributed by atoms with Crippen molar-refractivity contribution in [2.24, 2.45) is 7.05 Å². The van der Waals surface area contributed by atoms with Crippen LogP contribution in [0.3, 0.4) is 0 Å². The predicted octanol–water partition coefficient (Wildman–Crippen LogP) is 6.34. The first kappa shape index (κ1) is 37.3. The molecule has 0 unspecified atom stereocenters. The lowest BCUT2D eigenvalue weighted by molar-refractivity contribution is -0.189. The van der Waals surface area contributed by atoms with Gasteiger partial charge in [0, 0.05) is 55.9 Å². The van der Waals surface area contributed by atoms with E-state index in [0.717, 1.165) is 44.5 Å². The monoisotopic (exact) mass is 739 g/mol. The van der Waals surface area contributed by atoms with Crippen molar-refractivity contribution in [1.29, 1.82) is 0 Å². The lowest BCUT2D eigenvalue weighted by Crippen LogP contribution is -2.76. The van der Waals surface area contributed by atoms with Crippen molar-refractivity contribution in [2.75, 3.05) is 25.4 Å². The standard InChI is InChI=1S/C44H49N7O4/c1-6-23-49-29-40(52)50-38(24-30-15-21-35(22-16-30)55-44(2,3)4)42(53)48(28-39(50)51(49)43(54)46-25-31-11-8-7-9-12-31)26-33-13-10-14-36-37(27-47(5)41(33)36)32-17-19-34(45)20-18-32/h6-22,27,38-39H,1,23-26,28-29,45H2,2-5H3,(H,46,54)/t38-,39-/m0/s1. The average Bonchev–Trinajstić information content (AvgIpc) is 3.50. The van der Waals surface area contributed by atoms with Gasteiger partial charge >= 0.3 is 6.03 Å². The van der Waals surface area contributed by atoms with Gasteiger partial charge < -0.3 is 30.2 Å². The number of carbonyl (C=O) groups is 3. The van der Waals surface area contributed by atoms with Gasteiger partial charge in [0.15, 0.2) is 0 Å². The van der Waals surface area contributed by atoms with Crippen LogP contribution in [-0.2, 0) is 36.1 Å². The average molecular weight is 740 g/mol. The Kier molecular flexibility index (Phi) is 10.4. The number of anilines is 1. The van der Waals surface area contributed by atoms with Crippen LogP contribution in [0.25, 0.3) is 22.0 Å². The molecule has 3 N–H and O–H groups in total. The van der Waals surface area contributed by atoms with E-state index in [1.165, 1.54) is 0 Å². The normalized spacial score (nSPS) is 17.7. The van der Waals surface area contributed by atoms with Gasteiger partial charge in [-0.25, -0.2) is 14.8 Å². The van der Waals surface area contributed by atoms with E-state index < -0.39 is 12.2 Å². The van der Waals surface area contributed by atoms with E-state index in [9.17, 15) is 14.4 Å². The van der Waals surface area contributed by atoms with E-state index in [2.05, 4.69) is 28.7 Å². The van der Waals surface area contributed by atoms with Crippen LogP contribution in [0.4, 0.5) is 10.5 Å². The summed E-state index contributed by atoms with van der Waals surface area (Å²) in [6.07, 6.45) is 3.28. The van der Waals surface area contributed by atoms with Crippen LogP contribution in [0.5, 0.6) is 5.75 Å². The van der Waals surface area contributed by atoms with Crippen molar-refractivity contribution in [2.45, 2.75) is 58.1 Å². The number of piperazine rings is 1. The number of aromatic nitrogens is 1. The topological polar surface area (TPSA) is 116 Å². The molecular weight excluding hydrogens is 691 g/mol. The van der Waals surface area contributed by atoms with Crippen LogP contribution in [-0.4, -0.2) is 79.7 Å². The van der Waals surface area contributed by atoms with Gasteiger partial charge in [-0.3, -0.25) is 9.59 Å². The number of hydrazine groups is 1. The lowest BCUT2D eigenvalue weighted by atomic mass is 9.97. The molecule has 0 saturated carbocycles.